The fourth-order valence-electron chi connectivity index (χ4n) is 1.79. The molecule has 1 heterocycles. The lowest BCUT2D eigenvalue weighted by Gasteiger charge is -2.06. The molecule has 18 heavy (non-hydrogen) atoms. The summed E-state index contributed by atoms with van der Waals surface area (Å²) in [6, 6.07) is 7.65. The largest absolute Gasteiger partial charge is 0.497 e. The SMILES string of the molecule is COc1ccc(Cc2c(C)[nH]c(=S)[nH]c2=O)cc1. The maximum Gasteiger partial charge on any atom is 0.255 e. The standard InChI is InChI=1S/C13H14N2O2S/c1-8-11(12(16)15-13(18)14-8)7-9-3-5-10(17-2)6-4-9/h3-6H,7H2,1-2H3,(H2,14,15,16,18). The molecular formula is C13H14N2O2S. The van der Waals surface area contributed by atoms with Gasteiger partial charge in [0.2, 0.25) is 0 Å². The Morgan fingerprint density at radius 1 is 1.22 bits per heavy atom. The van der Waals surface area contributed by atoms with Crippen molar-refractivity contribution in [1.82, 2.24) is 9.97 Å². The van der Waals surface area contributed by atoms with Gasteiger partial charge in [-0.1, -0.05) is 12.1 Å². The van der Waals surface area contributed by atoms with Crippen LogP contribution < -0.4 is 10.3 Å². The first kappa shape index (κ1) is 12.6. The molecule has 5 heteroatoms. The molecule has 0 aliphatic rings. The van der Waals surface area contributed by atoms with Gasteiger partial charge in [0.25, 0.3) is 5.56 Å². The normalized spacial score (nSPS) is 10.3. The highest BCUT2D eigenvalue weighted by Crippen LogP contribution is 2.14. The predicted molar refractivity (Wildman–Crippen MR) is 72.8 cm³/mol. The van der Waals surface area contributed by atoms with Crippen LogP contribution in [0.2, 0.25) is 0 Å². The zero-order chi connectivity index (χ0) is 13.1. The van der Waals surface area contributed by atoms with E-state index in [1.54, 1.807) is 7.11 Å². The summed E-state index contributed by atoms with van der Waals surface area (Å²) in [5.74, 6) is 0.803. The fraction of sp³-hybridized carbons (Fsp3) is 0.231. The van der Waals surface area contributed by atoms with Crippen LogP contribution in [0, 0.1) is 11.7 Å². The van der Waals surface area contributed by atoms with Crippen LogP contribution in [0.4, 0.5) is 0 Å². The van der Waals surface area contributed by atoms with Gasteiger partial charge in [-0.05, 0) is 36.8 Å². The molecule has 1 aromatic carbocycles. The minimum Gasteiger partial charge on any atom is -0.497 e. The molecule has 1 aromatic heterocycles. The molecule has 0 bridgehead atoms. The highest BCUT2D eigenvalue weighted by atomic mass is 32.1. The molecule has 0 unspecified atom stereocenters. The first-order valence-electron chi connectivity index (χ1n) is 5.55. The second kappa shape index (κ2) is 5.18. The Labute approximate surface area is 110 Å². The summed E-state index contributed by atoms with van der Waals surface area (Å²) in [5, 5.41) is 0. The Bertz CT molecular complexity index is 656. The maximum absolute atomic E-state index is 11.8. The number of ether oxygens (including phenoxy) is 1. The summed E-state index contributed by atoms with van der Waals surface area (Å²) in [5.41, 5.74) is 2.43. The Kier molecular flexibility index (Phi) is 3.62. The number of benzene rings is 1. The van der Waals surface area contributed by atoms with E-state index in [0.717, 1.165) is 17.0 Å². The number of hydrogen-bond donors (Lipinski definition) is 2. The first-order valence-corrected chi connectivity index (χ1v) is 5.96. The van der Waals surface area contributed by atoms with E-state index in [9.17, 15) is 4.79 Å². The van der Waals surface area contributed by atoms with Crippen molar-refractivity contribution in [2.75, 3.05) is 7.11 Å². The van der Waals surface area contributed by atoms with E-state index in [1.165, 1.54) is 0 Å². The minimum absolute atomic E-state index is 0.132. The smallest absolute Gasteiger partial charge is 0.255 e. The monoisotopic (exact) mass is 262 g/mol. The summed E-state index contributed by atoms with van der Waals surface area (Å²) >= 11 is 4.92. The number of nitrogens with one attached hydrogen (secondary N) is 2. The van der Waals surface area contributed by atoms with Gasteiger partial charge in [-0.25, -0.2) is 0 Å². The van der Waals surface area contributed by atoms with Gasteiger partial charge in [0.05, 0.1) is 7.11 Å². The average molecular weight is 262 g/mol. The molecule has 94 valence electrons. The third kappa shape index (κ3) is 2.68. The fourth-order valence-corrected chi connectivity index (χ4v) is 2.03. The number of hydrogen-bond acceptors (Lipinski definition) is 3. The summed E-state index contributed by atoms with van der Waals surface area (Å²) in [6.45, 7) is 1.85. The van der Waals surface area contributed by atoms with Crippen molar-refractivity contribution in [2.45, 2.75) is 13.3 Å². The quantitative estimate of drug-likeness (QED) is 0.835. The number of H-pyrrole nitrogens is 2. The lowest BCUT2D eigenvalue weighted by atomic mass is 10.1. The zero-order valence-corrected chi connectivity index (χ0v) is 11.1. The predicted octanol–water partition coefficient (Wildman–Crippen LogP) is 2.34. The zero-order valence-electron chi connectivity index (χ0n) is 10.2. The Morgan fingerprint density at radius 3 is 2.44 bits per heavy atom. The van der Waals surface area contributed by atoms with Gasteiger partial charge in [-0.15, -0.1) is 0 Å². The van der Waals surface area contributed by atoms with Crippen molar-refractivity contribution >= 4 is 12.2 Å². The summed E-state index contributed by atoms with van der Waals surface area (Å²) in [4.78, 5) is 17.4. The first-order chi connectivity index (χ1) is 8.60. The molecule has 2 aromatic rings. The van der Waals surface area contributed by atoms with Crippen molar-refractivity contribution in [2.24, 2.45) is 0 Å². The molecule has 0 amide bonds. The third-order valence-electron chi connectivity index (χ3n) is 2.79. The number of methoxy groups -OCH3 is 1. The van der Waals surface area contributed by atoms with E-state index < -0.39 is 0 Å². The molecule has 0 radical (unpaired) electrons. The summed E-state index contributed by atoms with van der Waals surface area (Å²) in [6.07, 6.45) is 0.567. The Hall–Kier alpha value is -1.88. The van der Waals surface area contributed by atoms with E-state index in [4.69, 9.17) is 17.0 Å². The number of rotatable bonds is 3. The second-order valence-corrected chi connectivity index (χ2v) is 4.44. The van der Waals surface area contributed by atoms with Crippen molar-refractivity contribution in [1.29, 1.82) is 0 Å². The van der Waals surface area contributed by atoms with Gasteiger partial charge in [0.1, 0.15) is 5.75 Å². The molecular weight excluding hydrogens is 248 g/mol. The van der Waals surface area contributed by atoms with Crippen LogP contribution in [0.25, 0.3) is 0 Å². The number of aryl methyl sites for hydroxylation is 1. The van der Waals surface area contributed by atoms with Crippen molar-refractivity contribution in [3.63, 3.8) is 0 Å². The molecule has 0 atom stereocenters. The molecule has 0 saturated carbocycles. The number of aromatic amines is 2. The van der Waals surface area contributed by atoms with E-state index in [2.05, 4.69) is 9.97 Å². The summed E-state index contributed by atoms with van der Waals surface area (Å²) in [7, 11) is 1.63. The van der Waals surface area contributed by atoms with Gasteiger partial charge in [-0.2, -0.15) is 0 Å². The van der Waals surface area contributed by atoms with Crippen molar-refractivity contribution in [3.8, 4) is 5.75 Å². The molecule has 4 nitrogen and oxygen atoms in total. The highest BCUT2D eigenvalue weighted by molar-refractivity contribution is 7.71. The van der Waals surface area contributed by atoms with Crippen molar-refractivity contribution < 1.29 is 4.74 Å². The van der Waals surface area contributed by atoms with Crippen LogP contribution in [-0.4, -0.2) is 17.1 Å². The molecule has 0 aliphatic carbocycles. The van der Waals surface area contributed by atoms with Crippen LogP contribution >= 0.6 is 12.2 Å². The molecule has 0 spiro atoms. The van der Waals surface area contributed by atoms with E-state index >= 15 is 0 Å². The molecule has 0 aliphatic heterocycles. The maximum atomic E-state index is 11.8. The van der Waals surface area contributed by atoms with E-state index in [1.807, 2.05) is 31.2 Å². The van der Waals surface area contributed by atoms with E-state index in [0.29, 0.717) is 16.8 Å². The minimum atomic E-state index is -0.132. The molecule has 2 N–H and O–H groups in total. The van der Waals surface area contributed by atoms with Gasteiger partial charge in [-0.3, -0.25) is 9.78 Å². The van der Waals surface area contributed by atoms with Crippen LogP contribution in [-0.2, 0) is 6.42 Å². The highest BCUT2D eigenvalue weighted by Gasteiger charge is 2.06. The van der Waals surface area contributed by atoms with E-state index in [-0.39, 0.29) is 5.56 Å². The average Bonchev–Trinajstić information content (AvgIpc) is 2.34. The van der Waals surface area contributed by atoms with Crippen molar-refractivity contribution in [3.05, 3.63) is 56.2 Å². The molecule has 2 rings (SSSR count). The van der Waals surface area contributed by atoms with Gasteiger partial charge in [0.15, 0.2) is 4.77 Å². The summed E-state index contributed by atoms with van der Waals surface area (Å²) < 4.78 is 5.45. The van der Waals surface area contributed by atoms with Crippen LogP contribution in [0.5, 0.6) is 5.75 Å². The second-order valence-electron chi connectivity index (χ2n) is 4.04. The molecule has 0 fully saturated rings. The van der Waals surface area contributed by atoms with Crippen LogP contribution in [0.1, 0.15) is 16.8 Å². The number of aromatic nitrogens is 2. The molecule has 0 saturated heterocycles. The third-order valence-corrected chi connectivity index (χ3v) is 3.00. The van der Waals surface area contributed by atoms with Gasteiger partial charge < -0.3 is 9.72 Å². The Morgan fingerprint density at radius 2 is 1.89 bits per heavy atom. The van der Waals surface area contributed by atoms with Gasteiger partial charge >= 0.3 is 0 Å². The Balaban J connectivity index is 2.34. The van der Waals surface area contributed by atoms with Crippen LogP contribution in [0.3, 0.4) is 0 Å². The lowest BCUT2D eigenvalue weighted by Crippen LogP contribution is -2.16. The topological polar surface area (TPSA) is 57.9 Å². The lowest BCUT2D eigenvalue weighted by molar-refractivity contribution is 0.414. The van der Waals surface area contributed by atoms with Crippen LogP contribution in [0.15, 0.2) is 29.1 Å². The van der Waals surface area contributed by atoms with Gasteiger partial charge in [0, 0.05) is 17.7 Å².